The maximum Gasteiger partial charge on any atom is 0.261 e. The van der Waals surface area contributed by atoms with Crippen molar-refractivity contribution in [2.75, 3.05) is 13.2 Å². The van der Waals surface area contributed by atoms with Crippen LogP contribution in [-0.2, 0) is 9.22 Å². The number of carbonyl (C=O) groups excluding carboxylic acids is 1. The molecule has 8 heteroatoms. The van der Waals surface area contributed by atoms with Gasteiger partial charge in [0.25, 0.3) is 8.32 Å². The van der Waals surface area contributed by atoms with Gasteiger partial charge in [-0.25, -0.2) is 0 Å². The quantitative estimate of drug-likeness (QED) is 0.321. The minimum atomic E-state index is -2.93. The van der Waals surface area contributed by atoms with Crippen LogP contribution in [0.15, 0.2) is 60.7 Å². The molecule has 0 bridgehead atoms. The highest BCUT2D eigenvalue weighted by Gasteiger charge is 2.50. The Labute approximate surface area is 190 Å². The fourth-order valence-electron chi connectivity index (χ4n) is 4.04. The third kappa shape index (κ3) is 5.83. The van der Waals surface area contributed by atoms with Crippen molar-refractivity contribution in [3.8, 4) is 0 Å². The van der Waals surface area contributed by atoms with E-state index < -0.39 is 45.2 Å². The largest absolute Gasteiger partial charge is 0.405 e. The van der Waals surface area contributed by atoms with Crippen molar-refractivity contribution >= 4 is 24.6 Å². The second kappa shape index (κ2) is 11.2. The van der Waals surface area contributed by atoms with Crippen molar-refractivity contribution in [1.29, 1.82) is 0 Å². The van der Waals surface area contributed by atoms with Gasteiger partial charge in [-0.05, 0) is 15.4 Å². The van der Waals surface area contributed by atoms with Crippen molar-refractivity contribution in [3.63, 3.8) is 0 Å². The number of hydrogen-bond donors (Lipinski definition) is 5. The molecule has 0 fully saturated rings. The number of aliphatic hydroxyl groups is 4. The molecule has 32 heavy (non-hydrogen) atoms. The maximum absolute atomic E-state index is 11.3. The van der Waals surface area contributed by atoms with Crippen LogP contribution in [0.5, 0.6) is 0 Å². The molecule has 4 atom stereocenters. The molecule has 0 aliphatic carbocycles. The van der Waals surface area contributed by atoms with Crippen LogP contribution in [0.3, 0.4) is 0 Å². The summed E-state index contributed by atoms with van der Waals surface area (Å²) in [5.41, 5.74) is 0. The standard InChI is InChI=1S/C24H35NO6Si/c1-17(27)25-20(15-26)22(29)23(30)21(28)16-31-32(24(2,3)4,18-11-7-5-8-12-18)19-13-9-6-10-14-19/h5-14,20-23,26,28-30H,15-16H2,1-4H3,(H,25,27)/t20-,21+,22+,23+/m0/s1. The SMILES string of the molecule is CC(=O)N[C@@H](CO)[C@@H](O)[C@H](O)[C@H](O)CO[Si](c1ccccc1)(c1ccccc1)C(C)(C)C. The molecule has 0 saturated carbocycles. The third-order valence-corrected chi connectivity index (χ3v) is 10.6. The molecule has 0 unspecified atom stereocenters. The molecule has 2 rings (SSSR count). The number of nitrogens with one attached hydrogen (secondary N) is 1. The lowest BCUT2D eigenvalue weighted by Gasteiger charge is -2.43. The Morgan fingerprint density at radius 1 is 0.938 bits per heavy atom. The summed E-state index contributed by atoms with van der Waals surface area (Å²) >= 11 is 0. The van der Waals surface area contributed by atoms with Gasteiger partial charge in [0.15, 0.2) is 0 Å². The summed E-state index contributed by atoms with van der Waals surface area (Å²) in [5, 5.41) is 45.1. The normalized spacial score (nSPS) is 16.1. The molecular weight excluding hydrogens is 426 g/mol. The fourth-order valence-corrected chi connectivity index (χ4v) is 8.61. The molecule has 1 amide bonds. The van der Waals surface area contributed by atoms with Gasteiger partial charge in [0.05, 0.1) is 19.3 Å². The lowest BCUT2D eigenvalue weighted by molar-refractivity contribution is -0.124. The third-order valence-electron chi connectivity index (χ3n) is 5.63. The van der Waals surface area contributed by atoms with Gasteiger partial charge in [-0.1, -0.05) is 81.4 Å². The highest BCUT2D eigenvalue weighted by molar-refractivity contribution is 6.99. The molecule has 0 aliphatic rings. The smallest absolute Gasteiger partial charge is 0.261 e. The average Bonchev–Trinajstić information content (AvgIpc) is 2.77. The zero-order valence-electron chi connectivity index (χ0n) is 19.1. The number of carbonyl (C=O) groups is 1. The predicted molar refractivity (Wildman–Crippen MR) is 126 cm³/mol. The van der Waals surface area contributed by atoms with Crippen molar-refractivity contribution in [1.82, 2.24) is 5.32 Å². The highest BCUT2D eigenvalue weighted by atomic mass is 28.4. The monoisotopic (exact) mass is 461 g/mol. The first-order valence-corrected chi connectivity index (χ1v) is 12.6. The van der Waals surface area contributed by atoms with Crippen molar-refractivity contribution in [2.45, 2.75) is 57.1 Å². The fraction of sp³-hybridized carbons (Fsp3) is 0.458. The molecule has 2 aromatic rings. The first kappa shape index (κ1) is 26.2. The van der Waals surface area contributed by atoms with Crippen molar-refractivity contribution < 1.29 is 29.6 Å². The molecule has 2 aromatic carbocycles. The Hall–Kier alpha value is -2.07. The summed E-state index contributed by atoms with van der Waals surface area (Å²) in [5.74, 6) is -0.464. The average molecular weight is 462 g/mol. The van der Waals surface area contributed by atoms with Gasteiger partial charge in [0.2, 0.25) is 5.91 Å². The topological polar surface area (TPSA) is 119 Å². The van der Waals surface area contributed by atoms with Crippen LogP contribution < -0.4 is 15.7 Å². The maximum atomic E-state index is 11.3. The zero-order chi connectivity index (χ0) is 23.9. The van der Waals surface area contributed by atoms with E-state index >= 15 is 0 Å². The van der Waals surface area contributed by atoms with E-state index in [0.717, 1.165) is 10.4 Å². The van der Waals surface area contributed by atoms with Gasteiger partial charge in [-0.2, -0.15) is 0 Å². The number of benzene rings is 2. The molecule has 5 N–H and O–H groups in total. The van der Waals surface area contributed by atoms with E-state index in [1.54, 1.807) is 0 Å². The van der Waals surface area contributed by atoms with Gasteiger partial charge in [-0.15, -0.1) is 0 Å². The molecular formula is C24H35NO6Si. The molecule has 0 saturated heterocycles. The Bertz CT molecular complexity index is 803. The molecule has 0 radical (unpaired) electrons. The van der Waals surface area contributed by atoms with Crippen LogP contribution in [0, 0.1) is 0 Å². The lowest BCUT2D eigenvalue weighted by Crippen LogP contribution is -2.67. The summed E-state index contributed by atoms with van der Waals surface area (Å²) < 4.78 is 6.56. The number of aliphatic hydroxyl groups excluding tert-OH is 4. The van der Waals surface area contributed by atoms with E-state index in [1.807, 2.05) is 60.7 Å². The zero-order valence-corrected chi connectivity index (χ0v) is 20.1. The van der Waals surface area contributed by atoms with Gasteiger partial charge in [-0.3, -0.25) is 4.79 Å². The molecule has 7 nitrogen and oxygen atoms in total. The van der Waals surface area contributed by atoms with Crippen LogP contribution in [0.2, 0.25) is 5.04 Å². The number of hydrogen-bond acceptors (Lipinski definition) is 6. The van der Waals surface area contributed by atoms with Crippen molar-refractivity contribution in [3.05, 3.63) is 60.7 Å². The minimum absolute atomic E-state index is 0.232. The van der Waals surface area contributed by atoms with Crippen LogP contribution >= 0.6 is 0 Å². The van der Waals surface area contributed by atoms with Gasteiger partial charge < -0.3 is 30.2 Å². The van der Waals surface area contributed by atoms with Crippen LogP contribution in [0.25, 0.3) is 0 Å². The highest BCUT2D eigenvalue weighted by Crippen LogP contribution is 2.36. The number of rotatable bonds is 10. The summed E-state index contributed by atoms with van der Waals surface area (Å²) in [7, 11) is -2.93. The van der Waals surface area contributed by atoms with Gasteiger partial charge in [0, 0.05) is 6.92 Å². The summed E-state index contributed by atoms with van der Waals surface area (Å²) in [4.78, 5) is 11.3. The second-order valence-corrected chi connectivity index (χ2v) is 13.3. The van der Waals surface area contributed by atoms with Crippen LogP contribution in [0.4, 0.5) is 0 Å². The summed E-state index contributed by atoms with van der Waals surface area (Å²) in [6.07, 6.45) is -4.63. The Kier molecular flexibility index (Phi) is 9.14. The van der Waals surface area contributed by atoms with Gasteiger partial charge >= 0.3 is 0 Å². The molecule has 176 valence electrons. The molecule has 0 heterocycles. The van der Waals surface area contributed by atoms with E-state index in [-0.39, 0.29) is 11.6 Å². The van der Waals surface area contributed by atoms with Crippen molar-refractivity contribution in [2.24, 2.45) is 0 Å². The Balaban J connectivity index is 2.36. The van der Waals surface area contributed by atoms with Gasteiger partial charge in [0.1, 0.15) is 18.3 Å². The van der Waals surface area contributed by atoms with E-state index in [9.17, 15) is 25.2 Å². The predicted octanol–water partition coefficient (Wildman–Crippen LogP) is 0.143. The van der Waals surface area contributed by atoms with E-state index in [1.165, 1.54) is 6.92 Å². The first-order valence-electron chi connectivity index (χ1n) is 10.7. The Morgan fingerprint density at radius 3 is 1.78 bits per heavy atom. The van der Waals surface area contributed by atoms with E-state index in [4.69, 9.17) is 4.43 Å². The molecule has 0 aliphatic heterocycles. The molecule has 0 aromatic heterocycles. The lowest BCUT2D eigenvalue weighted by atomic mass is 10.0. The summed E-state index contributed by atoms with van der Waals surface area (Å²) in [6, 6.07) is 18.6. The van der Waals surface area contributed by atoms with Crippen LogP contribution in [0.1, 0.15) is 27.7 Å². The summed E-state index contributed by atoms with van der Waals surface area (Å²) in [6.45, 7) is 6.70. The second-order valence-electron chi connectivity index (χ2n) is 9.01. The van der Waals surface area contributed by atoms with E-state index in [0.29, 0.717) is 0 Å². The molecule has 0 spiro atoms. The Morgan fingerprint density at radius 2 is 1.41 bits per heavy atom. The van der Waals surface area contributed by atoms with E-state index in [2.05, 4.69) is 26.1 Å². The number of amides is 1. The van der Waals surface area contributed by atoms with Crippen LogP contribution in [-0.4, -0.2) is 72.2 Å². The first-order chi connectivity index (χ1) is 15.0. The minimum Gasteiger partial charge on any atom is -0.405 e.